The minimum atomic E-state index is -0.0916. The van der Waals surface area contributed by atoms with Crippen LogP contribution in [0.3, 0.4) is 0 Å². The lowest BCUT2D eigenvalue weighted by molar-refractivity contribution is -0.0123. The summed E-state index contributed by atoms with van der Waals surface area (Å²) in [6.45, 7) is 2.22. The molecule has 6 rings (SSSR count). The van der Waals surface area contributed by atoms with Gasteiger partial charge in [0.1, 0.15) is 18.1 Å². The molecule has 2 aromatic rings. The van der Waals surface area contributed by atoms with Gasteiger partial charge in [-0.05, 0) is 98.6 Å². The number of carbonyl (C=O) groups excluding carboxylic acids is 1. The molecule has 0 unspecified atom stereocenters. The summed E-state index contributed by atoms with van der Waals surface area (Å²) in [5.41, 5.74) is 0.967. The third-order valence-corrected chi connectivity index (χ3v) is 7.34. The molecular weight excluding hydrogens is 374 g/mol. The fraction of sp³-hybridized carbons (Fsp3) is 0.522. The molecule has 5 heteroatoms. The van der Waals surface area contributed by atoms with E-state index in [1.54, 1.807) is 6.07 Å². The molecule has 4 aliphatic carbocycles. The van der Waals surface area contributed by atoms with E-state index in [4.69, 9.17) is 20.8 Å². The summed E-state index contributed by atoms with van der Waals surface area (Å²) in [5, 5.41) is 4.01. The van der Waals surface area contributed by atoms with Crippen LogP contribution in [0.15, 0.2) is 34.7 Å². The molecule has 28 heavy (non-hydrogen) atoms. The SMILES string of the molecule is Cc1cc(OCc2ccc(C(=O)NC3C4CC5CC(C4)CC3C5)o2)ccc1Cl. The van der Waals surface area contributed by atoms with Crippen LogP contribution in [0.5, 0.6) is 5.75 Å². The van der Waals surface area contributed by atoms with E-state index in [1.165, 1.54) is 32.1 Å². The number of benzene rings is 1. The Labute approximate surface area is 170 Å². The molecule has 4 aliphatic rings. The van der Waals surface area contributed by atoms with Crippen LogP contribution >= 0.6 is 11.6 Å². The maximum absolute atomic E-state index is 12.7. The van der Waals surface area contributed by atoms with Crippen molar-refractivity contribution in [2.24, 2.45) is 23.7 Å². The van der Waals surface area contributed by atoms with Gasteiger partial charge in [-0.2, -0.15) is 0 Å². The van der Waals surface area contributed by atoms with Crippen molar-refractivity contribution in [2.75, 3.05) is 0 Å². The molecule has 1 aromatic carbocycles. The summed E-state index contributed by atoms with van der Waals surface area (Å²) in [5.74, 6) is 4.78. The first-order chi connectivity index (χ1) is 13.5. The van der Waals surface area contributed by atoms with E-state index < -0.39 is 0 Å². The quantitative estimate of drug-likeness (QED) is 0.734. The third-order valence-electron chi connectivity index (χ3n) is 6.92. The number of hydrogen-bond donors (Lipinski definition) is 1. The van der Waals surface area contributed by atoms with Gasteiger partial charge in [-0.25, -0.2) is 0 Å². The standard InChI is InChI=1S/C23H26ClNO3/c1-13-6-18(2-4-20(13)24)27-12-19-3-5-21(28-19)23(26)25-22-16-8-14-7-15(10-16)11-17(22)9-14/h2-6,14-17,22H,7-12H2,1H3,(H,25,26). The minimum Gasteiger partial charge on any atom is -0.486 e. The van der Waals surface area contributed by atoms with Crippen LogP contribution in [0, 0.1) is 30.6 Å². The van der Waals surface area contributed by atoms with Gasteiger partial charge in [0.05, 0.1) is 0 Å². The molecule has 1 N–H and O–H groups in total. The van der Waals surface area contributed by atoms with Gasteiger partial charge in [-0.15, -0.1) is 0 Å². The number of amides is 1. The van der Waals surface area contributed by atoms with Crippen LogP contribution < -0.4 is 10.1 Å². The van der Waals surface area contributed by atoms with Gasteiger partial charge >= 0.3 is 0 Å². The van der Waals surface area contributed by atoms with E-state index in [0.29, 0.717) is 34.4 Å². The van der Waals surface area contributed by atoms with Crippen molar-refractivity contribution in [1.82, 2.24) is 5.32 Å². The average molecular weight is 400 g/mol. The number of ether oxygens (including phenoxy) is 1. The third kappa shape index (κ3) is 3.43. The normalized spacial score (nSPS) is 30.4. The number of carbonyl (C=O) groups is 1. The topological polar surface area (TPSA) is 51.5 Å². The van der Waals surface area contributed by atoms with Crippen LogP contribution in [-0.4, -0.2) is 11.9 Å². The maximum atomic E-state index is 12.7. The van der Waals surface area contributed by atoms with E-state index in [1.807, 2.05) is 31.2 Å². The van der Waals surface area contributed by atoms with Crippen molar-refractivity contribution in [3.05, 3.63) is 52.4 Å². The second-order valence-electron chi connectivity index (χ2n) is 8.90. The fourth-order valence-electron chi connectivity index (χ4n) is 5.82. The van der Waals surface area contributed by atoms with Gasteiger partial charge in [-0.3, -0.25) is 4.79 Å². The molecule has 4 saturated carbocycles. The summed E-state index contributed by atoms with van der Waals surface area (Å²) < 4.78 is 11.5. The Morgan fingerprint density at radius 1 is 1.11 bits per heavy atom. The Bertz CT molecular complexity index is 862. The monoisotopic (exact) mass is 399 g/mol. The fourth-order valence-corrected chi connectivity index (χ4v) is 5.94. The van der Waals surface area contributed by atoms with E-state index in [0.717, 1.165) is 23.1 Å². The van der Waals surface area contributed by atoms with Crippen LogP contribution in [-0.2, 0) is 6.61 Å². The molecular formula is C23H26ClNO3. The minimum absolute atomic E-state index is 0.0916. The van der Waals surface area contributed by atoms with Crippen LogP contribution in [0.4, 0.5) is 0 Å². The van der Waals surface area contributed by atoms with Crippen molar-refractivity contribution in [3.8, 4) is 5.75 Å². The van der Waals surface area contributed by atoms with E-state index >= 15 is 0 Å². The second kappa shape index (κ2) is 7.14. The number of hydrogen-bond acceptors (Lipinski definition) is 3. The predicted octanol–water partition coefficient (Wildman–Crippen LogP) is 5.37. The lowest BCUT2D eigenvalue weighted by atomic mass is 9.54. The molecule has 148 valence electrons. The van der Waals surface area contributed by atoms with Crippen molar-refractivity contribution >= 4 is 17.5 Å². The van der Waals surface area contributed by atoms with Crippen molar-refractivity contribution in [3.63, 3.8) is 0 Å². The zero-order chi connectivity index (χ0) is 19.3. The lowest BCUT2D eigenvalue weighted by Crippen LogP contribution is -2.55. The van der Waals surface area contributed by atoms with Gasteiger partial charge in [0.25, 0.3) is 5.91 Å². The van der Waals surface area contributed by atoms with Gasteiger partial charge in [0.2, 0.25) is 0 Å². The zero-order valence-electron chi connectivity index (χ0n) is 16.1. The Kier molecular flexibility index (Phi) is 4.62. The molecule has 0 aliphatic heterocycles. The number of halogens is 1. The van der Waals surface area contributed by atoms with Crippen LogP contribution in [0.1, 0.15) is 54.0 Å². The Morgan fingerprint density at radius 3 is 2.50 bits per heavy atom. The van der Waals surface area contributed by atoms with Crippen molar-refractivity contribution in [1.29, 1.82) is 0 Å². The van der Waals surface area contributed by atoms with E-state index in [9.17, 15) is 4.79 Å². The zero-order valence-corrected chi connectivity index (χ0v) is 16.9. The summed E-state index contributed by atoms with van der Waals surface area (Å²) in [7, 11) is 0. The molecule has 4 bridgehead atoms. The highest BCUT2D eigenvalue weighted by Crippen LogP contribution is 2.53. The second-order valence-corrected chi connectivity index (χ2v) is 9.30. The first kappa shape index (κ1) is 18.1. The smallest absolute Gasteiger partial charge is 0.287 e. The van der Waals surface area contributed by atoms with Crippen LogP contribution in [0.2, 0.25) is 5.02 Å². The summed E-state index contributed by atoms with van der Waals surface area (Å²) in [4.78, 5) is 12.7. The van der Waals surface area contributed by atoms with Crippen molar-refractivity contribution in [2.45, 2.75) is 51.7 Å². The molecule has 0 radical (unpaired) electrons. The largest absolute Gasteiger partial charge is 0.486 e. The molecule has 0 atom stereocenters. The highest BCUT2D eigenvalue weighted by atomic mass is 35.5. The molecule has 0 saturated heterocycles. The molecule has 1 heterocycles. The molecule has 4 fully saturated rings. The average Bonchev–Trinajstić information content (AvgIpc) is 3.14. The van der Waals surface area contributed by atoms with Gasteiger partial charge in [0, 0.05) is 11.1 Å². The number of furan rings is 1. The summed E-state index contributed by atoms with van der Waals surface area (Å²) >= 11 is 6.04. The number of rotatable bonds is 5. The summed E-state index contributed by atoms with van der Waals surface area (Å²) in [6.07, 6.45) is 6.57. The highest BCUT2D eigenvalue weighted by Gasteiger charge is 2.48. The maximum Gasteiger partial charge on any atom is 0.287 e. The molecule has 1 aromatic heterocycles. The molecule has 1 amide bonds. The first-order valence-electron chi connectivity index (χ1n) is 10.3. The molecule has 4 nitrogen and oxygen atoms in total. The predicted molar refractivity (Wildman–Crippen MR) is 108 cm³/mol. The van der Waals surface area contributed by atoms with Crippen molar-refractivity contribution < 1.29 is 13.9 Å². The Morgan fingerprint density at radius 2 is 1.82 bits per heavy atom. The van der Waals surface area contributed by atoms with Crippen LogP contribution in [0.25, 0.3) is 0 Å². The number of nitrogens with one attached hydrogen (secondary N) is 1. The first-order valence-corrected chi connectivity index (χ1v) is 10.7. The Balaban J connectivity index is 1.20. The summed E-state index contributed by atoms with van der Waals surface area (Å²) in [6, 6.07) is 9.43. The van der Waals surface area contributed by atoms with E-state index in [2.05, 4.69) is 5.32 Å². The number of aryl methyl sites for hydroxylation is 1. The Hall–Kier alpha value is -1.94. The van der Waals surface area contributed by atoms with Gasteiger partial charge in [0.15, 0.2) is 5.76 Å². The highest BCUT2D eigenvalue weighted by molar-refractivity contribution is 6.31. The van der Waals surface area contributed by atoms with Gasteiger partial charge in [-0.1, -0.05) is 11.6 Å². The van der Waals surface area contributed by atoms with Gasteiger partial charge < -0.3 is 14.5 Å². The van der Waals surface area contributed by atoms with E-state index in [-0.39, 0.29) is 12.5 Å². The molecule has 0 spiro atoms. The lowest BCUT2D eigenvalue weighted by Gasteiger charge is -2.54.